The van der Waals surface area contributed by atoms with Gasteiger partial charge in [-0.15, -0.1) is 0 Å². The van der Waals surface area contributed by atoms with E-state index in [-0.39, 0.29) is 17.9 Å². The van der Waals surface area contributed by atoms with Gasteiger partial charge >= 0.3 is 5.69 Å². The Morgan fingerprint density at radius 2 is 1.84 bits per heavy atom. The van der Waals surface area contributed by atoms with E-state index >= 15 is 0 Å². The van der Waals surface area contributed by atoms with Crippen LogP contribution in [0.25, 0.3) is 16.7 Å². The van der Waals surface area contributed by atoms with E-state index in [1.807, 2.05) is 6.07 Å². The largest absolute Gasteiger partial charge is 0.494 e. The highest BCUT2D eigenvalue weighted by molar-refractivity contribution is 5.89. The van der Waals surface area contributed by atoms with Crippen molar-refractivity contribution in [2.45, 2.75) is 32.4 Å². The lowest BCUT2D eigenvalue weighted by Crippen LogP contribution is -2.30. The Morgan fingerprint density at radius 1 is 1.03 bits per heavy atom. The van der Waals surface area contributed by atoms with E-state index in [9.17, 15) is 13.6 Å². The van der Waals surface area contributed by atoms with Gasteiger partial charge in [0.2, 0.25) is 5.82 Å². The van der Waals surface area contributed by atoms with Gasteiger partial charge in [-0.05, 0) is 43.6 Å². The summed E-state index contributed by atoms with van der Waals surface area (Å²) in [4.78, 5) is 24.2. The topological polar surface area (TPSA) is 77.5 Å². The molecule has 1 saturated heterocycles. The van der Waals surface area contributed by atoms with Crippen LogP contribution >= 0.6 is 0 Å². The van der Waals surface area contributed by atoms with Gasteiger partial charge in [-0.1, -0.05) is 12.5 Å². The molecule has 0 aliphatic carbocycles. The van der Waals surface area contributed by atoms with Crippen LogP contribution in [0.1, 0.15) is 30.4 Å². The van der Waals surface area contributed by atoms with E-state index in [2.05, 4.69) is 20.0 Å². The molecule has 3 aromatic heterocycles. The Labute approximate surface area is 182 Å². The van der Waals surface area contributed by atoms with Crippen molar-refractivity contribution in [1.29, 1.82) is 0 Å². The maximum atomic E-state index is 14.6. The number of rotatable bonds is 5. The van der Waals surface area contributed by atoms with E-state index < -0.39 is 17.3 Å². The Kier molecular flexibility index (Phi) is 5.30. The summed E-state index contributed by atoms with van der Waals surface area (Å²) in [6, 6.07) is 4.67. The van der Waals surface area contributed by atoms with Gasteiger partial charge in [-0.2, -0.15) is 14.0 Å². The van der Waals surface area contributed by atoms with Crippen LogP contribution in [0.3, 0.4) is 0 Å². The molecule has 1 fully saturated rings. The van der Waals surface area contributed by atoms with E-state index in [1.54, 1.807) is 6.20 Å². The minimum atomic E-state index is -1.10. The molecule has 0 bridgehead atoms. The summed E-state index contributed by atoms with van der Waals surface area (Å²) >= 11 is 0. The zero-order valence-electron chi connectivity index (χ0n) is 17.6. The minimum Gasteiger partial charge on any atom is -0.494 e. The number of nitrogens with zero attached hydrogens (tertiary/aromatic N) is 6. The Morgan fingerprint density at radius 3 is 2.62 bits per heavy atom. The number of piperidine rings is 1. The van der Waals surface area contributed by atoms with Gasteiger partial charge in [0.25, 0.3) is 0 Å². The SMILES string of the molecule is COc1ccc(Cn2c(=O)n3ncnc3c3cc(CN4CCCCC4)cnc32)c(F)c1F. The van der Waals surface area contributed by atoms with Crippen LogP contribution in [0, 0.1) is 11.6 Å². The summed E-state index contributed by atoms with van der Waals surface area (Å²) in [5.41, 5.74) is 1.20. The molecule has 1 aliphatic heterocycles. The first kappa shape index (κ1) is 20.5. The smallest absolute Gasteiger partial charge is 0.352 e. The van der Waals surface area contributed by atoms with Gasteiger partial charge in [-0.3, -0.25) is 9.47 Å². The second-order valence-corrected chi connectivity index (χ2v) is 7.97. The third kappa shape index (κ3) is 3.50. The van der Waals surface area contributed by atoms with Crippen molar-refractivity contribution in [3.05, 3.63) is 64.0 Å². The van der Waals surface area contributed by atoms with Gasteiger partial charge in [0.15, 0.2) is 17.2 Å². The van der Waals surface area contributed by atoms with E-state index in [0.717, 1.165) is 29.7 Å². The normalized spacial score (nSPS) is 15.0. The molecule has 0 N–H and O–H groups in total. The predicted octanol–water partition coefficient (Wildman–Crippen LogP) is 2.76. The Hall–Kier alpha value is -3.40. The highest BCUT2D eigenvalue weighted by Gasteiger charge is 2.19. The quantitative estimate of drug-likeness (QED) is 0.475. The van der Waals surface area contributed by atoms with Crippen molar-refractivity contribution in [3.63, 3.8) is 0 Å². The molecule has 1 aromatic carbocycles. The maximum Gasteiger partial charge on any atom is 0.352 e. The third-order valence-corrected chi connectivity index (χ3v) is 5.91. The molecular weight excluding hydrogens is 418 g/mol. The van der Waals surface area contributed by atoms with E-state index in [1.165, 1.54) is 49.4 Å². The molecule has 1 aliphatic rings. The van der Waals surface area contributed by atoms with Gasteiger partial charge in [-0.25, -0.2) is 19.2 Å². The first-order chi connectivity index (χ1) is 15.6. The molecule has 0 unspecified atom stereocenters. The Bertz CT molecular complexity index is 1360. The van der Waals surface area contributed by atoms with Gasteiger partial charge < -0.3 is 4.74 Å². The van der Waals surface area contributed by atoms with Crippen molar-refractivity contribution >= 4 is 16.7 Å². The second kappa shape index (κ2) is 8.27. The van der Waals surface area contributed by atoms with Crippen LogP contribution in [0.2, 0.25) is 0 Å². The number of ether oxygens (including phenoxy) is 1. The van der Waals surface area contributed by atoms with Crippen molar-refractivity contribution in [1.82, 2.24) is 29.0 Å². The number of hydrogen-bond acceptors (Lipinski definition) is 6. The third-order valence-electron chi connectivity index (χ3n) is 5.91. The lowest BCUT2D eigenvalue weighted by Gasteiger charge is -2.26. The highest BCUT2D eigenvalue weighted by atomic mass is 19.2. The molecule has 8 nitrogen and oxygen atoms in total. The number of halogens is 2. The zero-order chi connectivity index (χ0) is 22.2. The number of methoxy groups -OCH3 is 1. The number of pyridine rings is 1. The molecule has 32 heavy (non-hydrogen) atoms. The van der Waals surface area contributed by atoms with Crippen molar-refractivity contribution < 1.29 is 13.5 Å². The first-order valence-corrected chi connectivity index (χ1v) is 10.5. The van der Waals surface area contributed by atoms with Crippen molar-refractivity contribution in [2.75, 3.05) is 20.2 Å². The lowest BCUT2D eigenvalue weighted by molar-refractivity contribution is 0.221. The lowest BCUT2D eigenvalue weighted by atomic mass is 10.1. The fourth-order valence-corrected chi connectivity index (χ4v) is 4.28. The first-order valence-electron chi connectivity index (χ1n) is 10.5. The molecule has 4 aromatic rings. The summed E-state index contributed by atoms with van der Waals surface area (Å²) in [5, 5.41) is 4.66. The number of likely N-dealkylation sites (tertiary alicyclic amines) is 1. The molecule has 5 rings (SSSR count). The molecule has 0 atom stereocenters. The van der Waals surface area contributed by atoms with Crippen molar-refractivity contribution in [3.8, 4) is 5.75 Å². The highest BCUT2D eigenvalue weighted by Crippen LogP contribution is 2.24. The molecule has 0 spiro atoms. The Balaban J connectivity index is 1.61. The van der Waals surface area contributed by atoms with E-state index in [0.29, 0.717) is 16.7 Å². The maximum absolute atomic E-state index is 14.6. The average Bonchev–Trinajstić information content (AvgIpc) is 3.31. The average molecular weight is 440 g/mol. The van der Waals surface area contributed by atoms with Crippen LogP contribution < -0.4 is 10.4 Å². The monoisotopic (exact) mass is 440 g/mol. The minimum absolute atomic E-state index is 0.00496. The second-order valence-electron chi connectivity index (χ2n) is 7.97. The number of fused-ring (bicyclic) bond motifs is 3. The van der Waals surface area contributed by atoms with Crippen LogP contribution in [-0.2, 0) is 13.1 Å². The number of hydrogen-bond donors (Lipinski definition) is 0. The summed E-state index contributed by atoms with van der Waals surface area (Å²) < 4.78 is 36.1. The molecule has 10 heteroatoms. The van der Waals surface area contributed by atoms with Crippen LogP contribution in [0.5, 0.6) is 5.75 Å². The summed E-state index contributed by atoms with van der Waals surface area (Å²) in [7, 11) is 1.26. The van der Waals surface area contributed by atoms with E-state index in [4.69, 9.17) is 4.74 Å². The number of benzene rings is 1. The van der Waals surface area contributed by atoms with Gasteiger partial charge in [0.05, 0.1) is 19.0 Å². The standard InChI is InChI=1S/C22H22F2N6O2/c1-32-17-6-5-15(18(23)19(17)24)12-29-20-16(21-26-13-27-30(21)22(29)31)9-14(10-25-20)11-28-7-3-2-4-8-28/h5-6,9-10,13H,2-4,7-8,11-12H2,1H3. The molecule has 4 heterocycles. The zero-order valence-corrected chi connectivity index (χ0v) is 17.6. The molecule has 0 saturated carbocycles. The predicted molar refractivity (Wildman–Crippen MR) is 114 cm³/mol. The molecule has 0 radical (unpaired) electrons. The summed E-state index contributed by atoms with van der Waals surface area (Å²) in [5.74, 6) is -2.36. The summed E-state index contributed by atoms with van der Waals surface area (Å²) in [6.45, 7) is 2.62. The molecule has 0 amide bonds. The van der Waals surface area contributed by atoms with Gasteiger partial charge in [0.1, 0.15) is 12.0 Å². The molecule has 166 valence electrons. The van der Waals surface area contributed by atoms with Crippen LogP contribution in [0.15, 0.2) is 35.5 Å². The fraction of sp³-hybridized carbons (Fsp3) is 0.364. The number of aromatic nitrogens is 5. The van der Waals surface area contributed by atoms with Gasteiger partial charge in [0, 0.05) is 18.3 Å². The fourth-order valence-electron chi connectivity index (χ4n) is 4.28. The van der Waals surface area contributed by atoms with Crippen LogP contribution in [-0.4, -0.2) is 49.2 Å². The van der Waals surface area contributed by atoms with Crippen LogP contribution in [0.4, 0.5) is 8.78 Å². The molecular formula is C22H22F2N6O2. The van der Waals surface area contributed by atoms with Crippen molar-refractivity contribution in [2.24, 2.45) is 0 Å². The summed E-state index contributed by atoms with van der Waals surface area (Å²) in [6.07, 6.45) is 6.63.